The maximum absolute atomic E-state index is 12.4. The zero-order chi connectivity index (χ0) is 64.7. The molecule has 0 bridgehead atoms. The lowest BCUT2D eigenvalue weighted by atomic mass is 10.2. The van der Waals surface area contributed by atoms with Crippen LogP contribution in [0.1, 0.15) is 71.4 Å². The quantitative estimate of drug-likeness (QED) is 0.0683. The number of cyclic esters (lactones) is 3. The van der Waals surface area contributed by atoms with E-state index >= 15 is 0 Å². The largest absolute Gasteiger partial charge is 0.442 e. The zero-order valence-corrected chi connectivity index (χ0v) is 57.8. The molecule has 4 aromatic heterocycles. The number of halogens is 3. The van der Waals surface area contributed by atoms with Crippen LogP contribution in [0.4, 0.5) is 48.5 Å². The van der Waals surface area contributed by atoms with Crippen LogP contribution in [-0.2, 0) is 14.2 Å². The van der Waals surface area contributed by atoms with Gasteiger partial charge in [-0.25, -0.2) is 14.4 Å². The molecule has 28 heteroatoms. The van der Waals surface area contributed by atoms with E-state index in [9.17, 15) is 28.8 Å². The monoisotopic (exact) mass is 1480 g/mol. The maximum Gasteiger partial charge on any atom is 0.414 e. The number of hydrogen-bond acceptors (Lipinski definition) is 19. The van der Waals surface area contributed by atoms with Crippen LogP contribution in [0.25, 0.3) is 0 Å². The molecule has 3 atom stereocenters. The van der Waals surface area contributed by atoms with Gasteiger partial charge in [0.2, 0.25) is 0 Å². The van der Waals surface area contributed by atoms with Gasteiger partial charge in [-0.2, -0.15) is 0 Å². The third-order valence-corrected chi connectivity index (χ3v) is 21.5. The molecule has 0 radical (unpaired) electrons. The number of anilines is 6. The maximum atomic E-state index is 12.4. The second-order valence-corrected chi connectivity index (χ2v) is 30.4. The zero-order valence-electron chi connectivity index (χ0n) is 50.6. The first-order valence-electron chi connectivity index (χ1n) is 30.5. The highest BCUT2D eigenvalue weighted by atomic mass is 79.9. The molecule has 3 aromatic carbocycles. The Morgan fingerprint density at radius 1 is 0.505 bits per heavy atom. The van der Waals surface area contributed by atoms with Gasteiger partial charge in [0.15, 0.2) is 0 Å². The number of nitrogens with zero attached hydrogens (tertiary/aromatic N) is 9. The second kappa shape index (κ2) is 29.7. The van der Waals surface area contributed by atoms with Crippen molar-refractivity contribution in [3.8, 4) is 0 Å². The molecule has 21 nitrogen and oxygen atoms in total. The molecule has 0 spiro atoms. The van der Waals surface area contributed by atoms with E-state index in [1.54, 1.807) is 32.9 Å². The van der Waals surface area contributed by atoms with Crippen molar-refractivity contribution < 1.29 is 43.0 Å². The molecule has 6 aliphatic heterocycles. The van der Waals surface area contributed by atoms with Crippen molar-refractivity contribution in [2.75, 3.05) is 108 Å². The molecule has 1 saturated carbocycles. The van der Waals surface area contributed by atoms with Crippen molar-refractivity contribution in [1.29, 1.82) is 0 Å². The smallest absolute Gasteiger partial charge is 0.414 e. The van der Waals surface area contributed by atoms with E-state index in [0.717, 1.165) is 120 Å². The van der Waals surface area contributed by atoms with E-state index in [4.69, 9.17) is 25.8 Å². The topological polar surface area (TPSA) is 223 Å². The molecule has 6 amide bonds. The molecule has 10 heterocycles. The molecule has 7 aliphatic rings. The Morgan fingerprint density at radius 3 is 1.35 bits per heavy atom. The third kappa shape index (κ3) is 16.0. The fourth-order valence-corrected chi connectivity index (χ4v) is 15.7. The highest BCUT2D eigenvalue weighted by Crippen LogP contribution is 2.37. The van der Waals surface area contributed by atoms with E-state index in [0.29, 0.717) is 46.7 Å². The number of ether oxygens (including phenoxy) is 3. The van der Waals surface area contributed by atoms with Crippen molar-refractivity contribution in [3.63, 3.8) is 0 Å². The summed E-state index contributed by atoms with van der Waals surface area (Å²) in [7, 11) is 0. The fraction of sp³-hybridized carbons (Fsp3) is 0.338. The highest BCUT2D eigenvalue weighted by molar-refractivity contribution is 9.11. The van der Waals surface area contributed by atoms with Gasteiger partial charge in [0.25, 0.3) is 17.7 Å². The number of carbonyl (C=O) groups is 6. The number of nitrogens with one attached hydrogen (secondary N) is 3. The predicted octanol–water partition coefficient (Wildman–Crippen LogP) is 13.0. The number of hydrogen-bond donors (Lipinski definition) is 3. The Bertz CT molecular complexity index is 3990. The van der Waals surface area contributed by atoms with Crippen molar-refractivity contribution in [2.45, 2.75) is 57.8 Å². The van der Waals surface area contributed by atoms with E-state index in [2.05, 4.69) is 84.4 Å². The SMILES string of the molecule is CCC1=NCCCN1c1ccc(N2C[C@H](CNC(=O)c3ccc(C)s3)OC2=O)cc1.O=C(NC[C@H]1CN(c2ccc(N3CCN=C3C3CC3)cc2)C(=O)O1)c1ccc(Br)s1.O=C(NC[C@H]1CN(c2ccc(N3CCN=C3c3ccc(Cl)s3)cc2)C(=O)O1)c1ccc(Br)s1. The summed E-state index contributed by atoms with van der Waals surface area (Å²) in [5.74, 6) is 3.36. The van der Waals surface area contributed by atoms with Crippen molar-refractivity contribution in [1.82, 2.24) is 16.0 Å². The molecule has 14 rings (SSSR count). The normalized spacial score (nSPS) is 19.3. The lowest BCUT2D eigenvalue weighted by molar-refractivity contribution is 0.0915. The number of carbonyl (C=O) groups excluding carboxylic acids is 6. The summed E-state index contributed by atoms with van der Waals surface area (Å²) in [6, 6.07) is 38.4. The van der Waals surface area contributed by atoms with Crippen LogP contribution in [0.3, 0.4) is 0 Å². The first kappa shape index (κ1) is 65.4. The van der Waals surface area contributed by atoms with Gasteiger partial charge in [-0.1, -0.05) is 18.5 Å². The molecule has 1 aliphatic carbocycles. The molecule has 7 aromatic rings. The fourth-order valence-electron chi connectivity index (χ4n) is 11.3. The summed E-state index contributed by atoms with van der Waals surface area (Å²) < 4.78 is 18.9. The number of benzene rings is 3. The number of aliphatic imine (C=N–C) groups is 3. The Hall–Kier alpha value is -7.66. The lowest BCUT2D eigenvalue weighted by Crippen LogP contribution is -2.35. The Balaban J connectivity index is 0.000000134. The molecule has 3 saturated heterocycles. The minimum Gasteiger partial charge on any atom is -0.442 e. The van der Waals surface area contributed by atoms with Crippen molar-refractivity contribution in [3.05, 3.63) is 158 Å². The van der Waals surface area contributed by atoms with Crippen LogP contribution < -0.4 is 45.3 Å². The average molecular weight is 1480 g/mol. The summed E-state index contributed by atoms with van der Waals surface area (Å²) in [6.45, 7) is 11.2. The molecular weight excluding hydrogens is 1420 g/mol. The van der Waals surface area contributed by atoms with Gasteiger partial charge in [0, 0.05) is 77.5 Å². The summed E-state index contributed by atoms with van der Waals surface area (Å²) in [5.41, 5.74) is 5.53. The number of thiophene rings is 4. The summed E-state index contributed by atoms with van der Waals surface area (Å²) in [6.07, 6.45) is 2.05. The molecule has 4 fully saturated rings. The number of aryl methyl sites for hydroxylation is 1. The summed E-state index contributed by atoms with van der Waals surface area (Å²) in [5, 5.41) is 8.53. The van der Waals surface area contributed by atoms with Crippen LogP contribution in [-0.4, -0.2) is 150 Å². The van der Waals surface area contributed by atoms with E-state index in [-0.39, 0.29) is 55.2 Å². The van der Waals surface area contributed by atoms with Crippen molar-refractivity contribution >= 4 is 176 Å². The van der Waals surface area contributed by atoms with Crippen molar-refractivity contribution in [2.24, 2.45) is 20.9 Å². The molecule has 3 N–H and O–H groups in total. The summed E-state index contributed by atoms with van der Waals surface area (Å²) in [4.78, 5) is 103. The minimum absolute atomic E-state index is 0.137. The van der Waals surface area contributed by atoms with Crippen LogP contribution >= 0.6 is 88.8 Å². The number of amides is 6. The van der Waals surface area contributed by atoms with Crippen LogP contribution in [0.5, 0.6) is 0 Å². The predicted molar refractivity (Wildman–Crippen MR) is 377 cm³/mol. The van der Waals surface area contributed by atoms with Crippen LogP contribution in [0, 0.1) is 12.8 Å². The van der Waals surface area contributed by atoms with Gasteiger partial charge < -0.3 is 44.9 Å². The Labute approximate surface area is 575 Å². The minimum atomic E-state index is -0.419. The first-order valence-corrected chi connectivity index (χ1v) is 35.7. The van der Waals surface area contributed by atoms with E-state index in [1.165, 1.54) is 64.0 Å². The average Bonchev–Trinajstić information content (AvgIpc) is 1.80. The number of amidine groups is 3. The van der Waals surface area contributed by atoms with Crippen LogP contribution in [0.15, 0.2) is 144 Å². The summed E-state index contributed by atoms with van der Waals surface area (Å²) >= 11 is 18.5. The van der Waals surface area contributed by atoms with E-state index < -0.39 is 12.2 Å². The Morgan fingerprint density at radius 2 is 0.935 bits per heavy atom. The third-order valence-electron chi connectivity index (χ3n) is 16.0. The van der Waals surface area contributed by atoms with Gasteiger partial charge in [0.1, 0.15) is 35.8 Å². The second-order valence-electron chi connectivity index (χ2n) is 22.4. The molecule has 0 unspecified atom stereocenters. The Kier molecular flexibility index (Phi) is 20.9. The standard InChI is InChI=1S/C22H18BrClN4O3S2.C22H26N4O3S.C21H21BrN4O3S/c23-18-7-5-17(32-18)21(29)26-11-15-12-28(22(30)31-15)14-3-1-13(2-4-14)27-10-9-25-20(27)16-6-8-19(24)33-16;1-3-20-23-11-4-12-25(20)16-6-8-17(9-7-16)26-14-18(29-22(26)28)13-24-21(27)19-10-5-15(2)30-19;22-18-8-7-17(30-18)20(27)24-11-16-12-26(21(28)29-16)15-5-3-14(4-6-15)25-10-9-23-19(25)13-1-2-13/h1-8,15H,9-12H2,(H,26,29);5-10,18H,3-4,11-14H2,1-2H3,(H,24,27);3-8,13,16H,1-2,9-12H2,(H,24,27)/t15-;18-;16-/m000/s1. The van der Waals surface area contributed by atoms with Crippen LogP contribution in [0.2, 0.25) is 4.34 Å². The lowest BCUT2D eigenvalue weighted by Gasteiger charge is -2.29. The van der Waals surface area contributed by atoms with E-state index in [1.807, 2.05) is 110 Å². The van der Waals surface area contributed by atoms with Gasteiger partial charge in [-0.15, -0.1) is 45.3 Å². The number of rotatable bonds is 18. The van der Waals surface area contributed by atoms with Gasteiger partial charge in [0.05, 0.1) is 83.8 Å². The van der Waals surface area contributed by atoms with Gasteiger partial charge >= 0.3 is 18.3 Å². The molecule has 93 heavy (non-hydrogen) atoms. The first-order chi connectivity index (χ1) is 45.1. The highest BCUT2D eigenvalue weighted by Gasteiger charge is 2.37. The molecule has 484 valence electrons. The molecular formula is C65H65Br2ClN12O9S4. The van der Waals surface area contributed by atoms with Gasteiger partial charge in [-0.05, 0) is 179 Å². The van der Waals surface area contributed by atoms with Gasteiger partial charge in [-0.3, -0.25) is 44.1 Å².